The van der Waals surface area contributed by atoms with Crippen LogP contribution in [0, 0.1) is 12.8 Å². The molecule has 3 heterocycles. The molecule has 0 aliphatic carbocycles. The van der Waals surface area contributed by atoms with Gasteiger partial charge in [0.1, 0.15) is 0 Å². The normalized spacial score (nSPS) is 21.6. The molecule has 2 saturated heterocycles. The molecule has 0 unspecified atom stereocenters. The standard InChI is InChI=1S/C20H33N5O/c1-16-5-4-6-19(22-16)15-21-20(26)25-9-7-18(8-10-25)17(2)24-13-11-23(3)12-14-24/h4-6,17-18H,7-15H2,1-3H3,(H,21,26)/t17-/m0/s1. The summed E-state index contributed by atoms with van der Waals surface area (Å²) in [5, 5.41) is 3.02. The van der Waals surface area contributed by atoms with Crippen LogP contribution in [0.25, 0.3) is 0 Å². The molecule has 0 saturated carbocycles. The first-order valence-corrected chi connectivity index (χ1v) is 9.91. The van der Waals surface area contributed by atoms with Crippen molar-refractivity contribution in [2.75, 3.05) is 46.3 Å². The lowest BCUT2D eigenvalue weighted by molar-refractivity contribution is 0.0664. The van der Waals surface area contributed by atoms with Crippen molar-refractivity contribution in [1.29, 1.82) is 0 Å². The number of rotatable bonds is 4. The number of amides is 2. The first kappa shape index (κ1) is 19.1. The Kier molecular flexibility index (Phi) is 6.48. The average molecular weight is 360 g/mol. The second-order valence-corrected chi connectivity index (χ2v) is 7.83. The Bertz CT molecular complexity index is 592. The number of urea groups is 1. The van der Waals surface area contributed by atoms with Crippen molar-refractivity contribution < 1.29 is 4.79 Å². The molecule has 0 aromatic carbocycles. The van der Waals surface area contributed by atoms with Crippen LogP contribution in [0.5, 0.6) is 0 Å². The third-order valence-electron chi connectivity index (χ3n) is 5.99. The van der Waals surface area contributed by atoms with Crippen molar-refractivity contribution in [3.63, 3.8) is 0 Å². The Hall–Kier alpha value is -1.66. The Morgan fingerprint density at radius 3 is 2.54 bits per heavy atom. The maximum absolute atomic E-state index is 12.4. The van der Waals surface area contributed by atoms with Crippen LogP contribution >= 0.6 is 0 Å². The van der Waals surface area contributed by atoms with Gasteiger partial charge in [-0.3, -0.25) is 9.88 Å². The number of likely N-dealkylation sites (tertiary alicyclic amines) is 1. The second-order valence-electron chi connectivity index (χ2n) is 7.83. The third-order valence-corrected chi connectivity index (χ3v) is 5.99. The van der Waals surface area contributed by atoms with E-state index in [1.165, 1.54) is 26.2 Å². The molecule has 6 nitrogen and oxygen atoms in total. The summed E-state index contributed by atoms with van der Waals surface area (Å²) in [5.41, 5.74) is 1.90. The Morgan fingerprint density at radius 1 is 1.19 bits per heavy atom. The zero-order chi connectivity index (χ0) is 18.5. The van der Waals surface area contributed by atoms with E-state index in [1.54, 1.807) is 0 Å². The highest BCUT2D eigenvalue weighted by Crippen LogP contribution is 2.24. The fraction of sp³-hybridized carbons (Fsp3) is 0.700. The summed E-state index contributed by atoms with van der Waals surface area (Å²) in [7, 11) is 2.20. The minimum atomic E-state index is 0.0407. The number of carbonyl (C=O) groups excluding carboxylic acids is 1. The van der Waals surface area contributed by atoms with E-state index in [-0.39, 0.29) is 6.03 Å². The largest absolute Gasteiger partial charge is 0.332 e. The van der Waals surface area contributed by atoms with Gasteiger partial charge in [-0.25, -0.2) is 4.79 Å². The van der Waals surface area contributed by atoms with E-state index in [0.29, 0.717) is 18.5 Å². The second kappa shape index (κ2) is 8.82. The van der Waals surface area contributed by atoms with E-state index in [4.69, 9.17) is 0 Å². The van der Waals surface area contributed by atoms with E-state index in [0.717, 1.165) is 37.3 Å². The van der Waals surface area contributed by atoms with Gasteiger partial charge in [0.2, 0.25) is 0 Å². The van der Waals surface area contributed by atoms with Gasteiger partial charge in [0.05, 0.1) is 12.2 Å². The predicted octanol–water partition coefficient (Wildman–Crippen LogP) is 1.95. The molecule has 26 heavy (non-hydrogen) atoms. The van der Waals surface area contributed by atoms with Crippen molar-refractivity contribution in [2.24, 2.45) is 5.92 Å². The molecule has 1 aromatic heterocycles. The summed E-state index contributed by atoms with van der Waals surface area (Å²) >= 11 is 0. The maximum Gasteiger partial charge on any atom is 0.317 e. The summed E-state index contributed by atoms with van der Waals surface area (Å²) < 4.78 is 0. The first-order valence-electron chi connectivity index (χ1n) is 9.91. The number of pyridine rings is 1. The fourth-order valence-electron chi connectivity index (χ4n) is 4.09. The van der Waals surface area contributed by atoms with Crippen LogP contribution in [-0.4, -0.2) is 78.1 Å². The van der Waals surface area contributed by atoms with Gasteiger partial charge in [-0.15, -0.1) is 0 Å². The van der Waals surface area contributed by atoms with Crippen LogP contribution in [0.1, 0.15) is 31.2 Å². The molecule has 2 fully saturated rings. The monoisotopic (exact) mass is 359 g/mol. The number of hydrogen-bond acceptors (Lipinski definition) is 4. The maximum atomic E-state index is 12.4. The number of likely N-dealkylation sites (N-methyl/N-ethyl adjacent to an activating group) is 1. The van der Waals surface area contributed by atoms with E-state index >= 15 is 0 Å². The van der Waals surface area contributed by atoms with Crippen LogP contribution in [0.15, 0.2) is 18.2 Å². The molecule has 6 heteroatoms. The number of hydrogen-bond donors (Lipinski definition) is 1. The van der Waals surface area contributed by atoms with Crippen molar-refractivity contribution in [1.82, 2.24) is 25.0 Å². The molecule has 144 valence electrons. The van der Waals surface area contributed by atoms with Gasteiger partial charge in [0, 0.05) is 51.0 Å². The molecule has 0 radical (unpaired) electrons. The summed E-state index contributed by atoms with van der Waals surface area (Å²) in [5.74, 6) is 0.695. The predicted molar refractivity (Wildman–Crippen MR) is 104 cm³/mol. The minimum Gasteiger partial charge on any atom is -0.332 e. The zero-order valence-corrected chi connectivity index (χ0v) is 16.4. The molecule has 1 atom stereocenters. The van der Waals surface area contributed by atoms with E-state index in [1.807, 2.05) is 30.0 Å². The third kappa shape index (κ3) is 4.95. The van der Waals surface area contributed by atoms with Gasteiger partial charge in [-0.1, -0.05) is 6.07 Å². The topological polar surface area (TPSA) is 51.7 Å². The van der Waals surface area contributed by atoms with Gasteiger partial charge in [0.15, 0.2) is 0 Å². The zero-order valence-electron chi connectivity index (χ0n) is 16.4. The van der Waals surface area contributed by atoms with E-state index in [2.05, 4.69) is 34.1 Å². The molecule has 0 bridgehead atoms. The average Bonchev–Trinajstić information content (AvgIpc) is 2.66. The van der Waals surface area contributed by atoms with Crippen molar-refractivity contribution in [3.8, 4) is 0 Å². The fourth-order valence-corrected chi connectivity index (χ4v) is 4.09. The van der Waals surface area contributed by atoms with Gasteiger partial charge in [-0.2, -0.15) is 0 Å². The van der Waals surface area contributed by atoms with Gasteiger partial charge in [-0.05, 0) is 51.8 Å². The van der Waals surface area contributed by atoms with Crippen LogP contribution in [0.4, 0.5) is 4.79 Å². The van der Waals surface area contributed by atoms with Crippen LogP contribution in [-0.2, 0) is 6.54 Å². The van der Waals surface area contributed by atoms with Gasteiger partial charge in [0.25, 0.3) is 0 Å². The smallest absolute Gasteiger partial charge is 0.317 e. The molecule has 3 rings (SSSR count). The molecule has 2 amide bonds. The SMILES string of the molecule is Cc1cccc(CNC(=O)N2CCC([C@H](C)N3CCN(C)CC3)CC2)n1. The van der Waals surface area contributed by atoms with Gasteiger partial charge >= 0.3 is 6.03 Å². The highest BCUT2D eigenvalue weighted by atomic mass is 16.2. The number of aromatic nitrogens is 1. The number of carbonyl (C=O) groups is 1. The molecular weight excluding hydrogens is 326 g/mol. The number of aryl methyl sites for hydroxylation is 1. The Morgan fingerprint density at radius 2 is 1.88 bits per heavy atom. The van der Waals surface area contributed by atoms with E-state index < -0.39 is 0 Å². The number of nitrogens with zero attached hydrogens (tertiary/aromatic N) is 4. The Labute approximate surface area is 157 Å². The van der Waals surface area contributed by atoms with Crippen LogP contribution < -0.4 is 5.32 Å². The highest BCUT2D eigenvalue weighted by molar-refractivity contribution is 5.74. The Balaban J connectivity index is 1.42. The first-order chi connectivity index (χ1) is 12.5. The summed E-state index contributed by atoms with van der Waals surface area (Å²) in [6.45, 7) is 11.2. The number of piperidine rings is 1. The minimum absolute atomic E-state index is 0.0407. The van der Waals surface area contributed by atoms with E-state index in [9.17, 15) is 4.79 Å². The lowest BCUT2D eigenvalue weighted by Crippen LogP contribution is -2.52. The van der Waals surface area contributed by atoms with Crippen LogP contribution in [0.3, 0.4) is 0 Å². The summed E-state index contributed by atoms with van der Waals surface area (Å²) in [4.78, 5) is 23.9. The quantitative estimate of drug-likeness (QED) is 0.893. The lowest BCUT2D eigenvalue weighted by Gasteiger charge is -2.42. The molecule has 2 aliphatic heterocycles. The molecule has 0 spiro atoms. The summed E-state index contributed by atoms with van der Waals surface area (Å²) in [6, 6.07) is 6.56. The van der Waals surface area contributed by atoms with Crippen molar-refractivity contribution in [3.05, 3.63) is 29.6 Å². The number of nitrogens with one attached hydrogen (secondary N) is 1. The van der Waals surface area contributed by atoms with Crippen molar-refractivity contribution in [2.45, 2.75) is 39.3 Å². The van der Waals surface area contributed by atoms with Gasteiger partial charge < -0.3 is 15.1 Å². The molecular formula is C20H33N5O. The van der Waals surface area contributed by atoms with Crippen LogP contribution in [0.2, 0.25) is 0 Å². The molecule has 1 aromatic rings. The molecule has 2 aliphatic rings. The number of piperazine rings is 1. The summed E-state index contributed by atoms with van der Waals surface area (Å²) in [6.07, 6.45) is 2.20. The lowest BCUT2D eigenvalue weighted by atomic mass is 9.89. The highest BCUT2D eigenvalue weighted by Gasteiger charge is 2.30. The van der Waals surface area contributed by atoms with Crippen molar-refractivity contribution >= 4 is 6.03 Å². The molecule has 1 N–H and O–H groups in total.